The topological polar surface area (TPSA) is 27.7 Å². The maximum Gasteiger partial charge on any atom is 0.138 e. The zero-order valence-electron chi connectivity index (χ0n) is 15.5. The van der Waals surface area contributed by atoms with Gasteiger partial charge in [-0.25, -0.2) is 0 Å². The summed E-state index contributed by atoms with van der Waals surface area (Å²) >= 11 is 17.3. The summed E-state index contributed by atoms with van der Waals surface area (Å²) in [5, 5.41) is 0.446. The van der Waals surface area contributed by atoms with Crippen molar-refractivity contribution in [1.29, 1.82) is 0 Å². The lowest BCUT2D eigenvalue weighted by molar-refractivity contribution is 0.295. The van der Waals surface area contributed by atoms with E-state index in [1.54, 1.807) is 18.2 Å². The molecule has 3 rings (SSSR count). The normalized spacial score (nSPS) is 10.3. The van der Waals surface area contributed by atoms with Crippen LogP contribution in [-0.2, 0) is 13.2 Å². The molecule has 29 heavy (non-hydrogen) atoms. The van der Waals surface area contributed by atoms with Gasteiger partial charge in [0.05, 0.1) is 5.02 Å². The fourth-order valence-corrected chi connectivity index (χ4v) is 2.87. The molecule has 0 saturated heterocycles. The van der Waals surface area contributed by atoms with E-state index in [1.807, 2.05) is 54.6 Å². The van der Waals surface area contributed by atoms with Crippen LogP contribution in [0, 0.1) is 0 Å². The van der Waals surface area contributed by atoms with Gasteiger partial charge in [-0.05, 0) is 41.5 Å². The standard InChI is InChI=1S/C23H19Cl3O3/c24-21-14-20(9-10-22(21)27-12-11-23(25)26)29-16-18-7-4-8-19(13-18)28-15-17-5-2-1-3-6-17/h1-11,13-14H,12,15-16H2. The van der Waals surface area contributed by atoms with Crippen molar-refractivity contribution in [3.8, 4) is 17.2 Å². The Morgan fingerprint density at radius 2 is 1.41 bits per heavy atom. The van der Waals surface area contributed by atoms with Gasteiger partial charge in [0.15, 0.2) is 0 Å². The van der Waals surface area contributed by atoms with E-state index in [0.717, 1.165) is 16.9 Å². The Bertz CT molecular complexity index is 955. The Morgan fingerprint density at radius 1 is 0.724 bits per heavy atom. The van der Waals surface area contributed by atoms with Crippen LogP contribution in [-0.4, -0.2) is 6.61 Å². The van der Waals surface area contributed by atoms with E-state index < -0.39 is 0 Å². The van der Waals surface area contributed by atoms with Gasteiger partial charge < -0.3 is 14.2 Å². The molecule has 0 fully saturated rings. The van der Waals surface area contributed by atoms with Crippen molar-refractivity contribution < 1.29 is 14.2 Å². The van der Waals surface area contributed by atoms with Crippen molar-refractivity contribution in [2.24, 2.45) is 0 Å². The van der Waals surface area contributed by atoms with Crippen LogP contribution in [0.1, 0.15) is 11.1 Å². The van der Waals surface area contributed by atoms with Crippen molar-refractivity contribution in [2.45, 2.75) is 13.2 Å². The number of hydrogen-bond acceptors (Lipinski definition) is 3. The van der Waals surface area contributed by atoms with Crippen LogP contribution in [0.3, 0.4) is 0 Å². The molecule has 0 aliphatic heterocycles. The Labute approximate surface area is 185 Å². The number of hydrogen-bond donors (Lipinski definition) is 0. The van der Waals surface area contributed by atoms with Gasteiger partial charge >= 0.3 is 0 Å². The lowest BCUT2D eigenvalue weighted by Crippen LogP contribution is -1.99. The van der Waals surface area contributed by atoms with Gasteiger partial charge in [0.2, 0.25) is 0 Å². The first-order valence-electron chi connectivity index (χ1n) is 8.92. The van der Waals surface area contributed by atoms with E-state index >= 15 is 0 Å². The second-order valence-corrected chi connectivity index (χ2v) is 7.52. The minimum absolute atomic E-state index is 0.149. The minimum atomic E-state index is 0.149. The highest BCUT2D eigenvalue weighted by molar-refractivity contribution is 6.55. The maximum absolute atomic E-state index is 6.24. The Hall–Kier alpha value is -2.33. The van der Waals surface area contributed by atoms with Gasteiger partial charge in [0, 0.05) is 6.07 Å². The van der Waals surface area contributed by atoms with Crippen molar-refractivity contribution >= 4 is 34.8 Å². The molecule has 0 spiro atoms. The van der Waals surface area contributed by atoms with Crippen molar-refractivity contribution in [3.05, 3.63) is 99.5 Å². The van der Waals surface area contributed by atoms with Crippen LogP contribution in [0.5, 0.6) is 17.2 Å². The first kappa shape index (κ1) is 21.4. The average Bonchev–Trinajstić information content (AvgIpc) is 2.73. The zero-order chi connectivity index (χ0) is 20.5. The quantitative estimate of drug-likeness (QED) is 0.346. The monoisotopic (exact) mass is 448 g/mol. The van der Waals surface area contributed by atoms with Crippen LogP contribution in [0.15, 0.2) is 83.4 Å². The fourth-order valence-electron chi connectivity index (χ4n) is 2.52. The largest absolute Gasteiger partial charge is 0.489 e. The molecule has 3 nitrogen and oxygen atoms in total. The van der Waals surface area contributed by atoms with Crippen molar-refractivity contribution in [2.75, 3.05) is 6.61 Å². The van der Waals surface area contributed by atoms with Gasteiger partial charge in [-0.2, -0.15) is 0 Å². The first-order valence-corrected chi connectivity index (χ1v) is 10.1. The number of benzene rings is 3. The summed E-state index contributed by atoms with van der Waals surface area (Å²) in [5.41, 5.74) is 2.11. The number of halogens is 3. The molecule has 0 heterocycles. The van der Waals surface area contributed by atoms with Gasteiger partial charge in [0.25, 0.3) is 0 Å². The highest BCUT2D eigenvalue weighted by Gasteiger charge is 2.05. The third-order valence-corrected chi connectivity index (χ3v) is 4.54. The molecule has 6 heteroatoms. The Kier molecular flexibility index (Phi) is 8.12. The third-order valence-electron chi connectivity index (χ3n) is 3.93. The predicted molar refractivity (Wildman–Crippen MR) is 118 cm³/mol. The predicted octanol–water partition coefficient (Wildman–Crippen LogP) is 7.20. The first-order chi connectivity index (χ1) is 14.1. The molecule has 0 bridgehead atoms. The molecule has 0 amide bonds. The lowest BCUT2D eigenvalue weighted by Gasteiger charge is -2.11. The van der Waals surface area contributed by atoms with E-state index in [2.05, 4.69) is 0 Å². The Morgan fingerprint density at radius 3 is 2.14 bits per heavy atom. The highest BCUT2D eigenvalue weighted by atomic mass is 35.5. The third kappa shape index (κ3) is 7.21. The second kappa shape index (κ2) is 11.0. The second-order valence-electron chi connectivity index (χ2n) is 6.11. The smallest absolute Gasteiger partial charge is 0.138 e. The zero-order valence-corrected chi connectivity index (χ0v) is 17.8. The summed E-state index contributed by atoms with van der Waals surface area (Å²) in [6.07, 6.45) is 1.54. The fraction of sp³-hybridized carbons (Fsp3) is 0.130. The van der Waals surface area contributed by atoms with Gasteiger partial charge in [-0.1, -0.05) is 77.3 Å². The molecule has 0 aliphatic carbocycles. The van der Waals surface area contributed by atoms with E-state index in [0.29, 0.717) is 29.7 Å². The number of ether oxygens (including phenoxy) is 3. The van der Waals surface area contributed by atoms with Gasteiger partial charge in [-0.15, -0.1) is 0 Å². The van der Waals surface area contributed by atoms with E-state index in [9.17, 15) is 0 Å². The minimum Gasteiger partial charge on any atom is -0.489 e. The molecule has 150 valence electrons. The summed E-state index contributed by atoms with van der Waals surface area (Å²) in [6.45, 7) is 1.15. The van der Waals surface area contributed by atoms with E-state index in [4.69, 9.17) is 49.0 Å². The van der Waals surface area contributed by atoms with Crippen LogP contribution in [0.25, 0.3) is 0 Å². The van der Waals surface area contributed by atoms with Gasteiger partial charge in [0.1, 0.15) is 41.6 Å². The summed E-state index contributed by atoms with van der Waals surface area (Å²) < 4.78 is 17.3. The molecule has 0 saturated carbocycles. The van der Waals surface area contributed by atoms with Crippen LogP contribution in [0.4, 0.5) is 0 Å². The lowest BCUT2D eigenvalue weighted by atomic mass is 10.2. The molecule has 0 aromatic heterocycles. The average molecular weight is 450 g/mol. The molecule has 3 aromatic carbocycles. The summed E-state index contributed by atoms with van der Waals surface area (Å²) in [6, 6.07) is 23.1. The molecule has 0 unspecified atom stereocenters. The molecular weight excluding hydrogens is 431 g/mol. The van der Waals surface area contributed by atoms with Crippen LogP contribution in [0.2, 0.25) is 5.02 Å². The Balaban J connectivity index is 1.54. The molecule has 0 atom stereocenters. The molecule has 0 N–H and O–H groups in total. The van der Waals surface area contributed by atoms with Crippen molar-refractivity contribution in [3.63, 3.8) is 0 Å². The summed E-state index contributed by atoms with van der Waals surface area (Å²) in [7, 11) is 0. The van der Waals surface area contributed by atoms with E-state index in [-0.39, 0.29) is 11.1 Å². The molecule has 0 radical (unpaired) electrons. The molecule has 3 aromatic rings. The van der Waals surface area contributed by atoms with Crippen LogP contribution < -0.4 is 14.2 Å². The molecule has 0 aliphatic rings. The maximum atomic E-state index is 6.24. The summed E-state index contributed by atoms with van der Waals surface area (Å²) in [4.78, 5) is 0. The summed E-state index contributed by atoms with van der Waals surface area (Å²) in [5.74, 6) is 1.97. The number of rotatable bonds is 9. The molecular formula is C23H19Cl3O3. The van der Waals surface area contributed by atoms with Crippen LogP contribution >= 0.6 is 34.8 Å². The van der Waals surface area contributed by atoms with Gasteiger partial charge in [-0.3, -0.25) is 0 Å². The SMILES string of the molecule is ClC(Cl)=CCOc1ccc(OCc2cccc(OCc3ccccc3)c2)cc1Cl. The highest BCUT2D eigenvalue weighted by Crippen LogP contribution is 2.29. The van der Waals surface area contributed by atoms with Crippen molar-refractivity contribution in [1.82, 2.24) is 0 Å². The van der Waals surface area contributed by atoms with E-state index in [1.165, 1.54) is 6.08 Å².